The van der Waals surface area contributed by atoms with Gasteiger partial charge in [0.25, 0.3) is 0 Å². The fourth-order valence-corrected chi connectivity index (χ4v) is 2.87. The van der Waals surface area contributed by atoms with Crippen LogP contribution in [0.15, 0.2) is 30.3 Å². The van der Waals surface area contributed by atoms with E-state index in [1.54, 1.807) is 6.07 Å². The lowest BCUT2D eigenvalue weighted by molar-refractivity contribution is 0.270. The molecule has 2 aromatic rings. The lowest BCUT2D eigenvalue weighted by atomic mass is 10.2. The molecule has 24 heavy (non-hydrogen) atoms. The second-order valence-corrected chi connectivity index (χ2v) is 5.89. The van der Waals surface area contributed by atoms with E-state index in [-0.39, 0.29) is 0 Å². The van der Waals surface area contributed by atoms with Crippen molar-refractivity contribution in [1.29, 1.82) is 5.26 Å². The van der Waals surface area contributed by atoms with Gasteiger partial charge < -0.3 is 15.1 Å². The Kier molecular flexibility index (Phi) is 4.92. The Morgan fingerprint density at radius 2 is 1.92 bits per heavy atom. The monoisotopic (exact) mass is 322 g/mol. The summed E-state index contributed by atoms with van der Waals surface area (Å²) in [5.41, 5.74) is 2.22. The summed E-state index contributed by atoms with van der Waals surface area (Å²) in [5, 5.41) is 12.4. The number of nitrogens with one attached hydrogen (secondary N) is 1. The number of nitrogens with zero attached hydrogens (tertiary/aromatic N) is 5. The summed E-state index contributed by atoms with van der Waals surface area (Å²) < 4.78 is 0. The van der Waals surface area contributed by atoms with Crippen molar-refractivity contribution in [2.24, 2.45) is 0 Å². The first-order chi connectivity index (χ1) is 11.7. The van der Waals surface area contributed by atoms with Crippen molar-refractivity contribution in [2.75, 3.05) is 42.9 Å². The van der Waals surface area contributed by atoms with E-state index < -0.39 is 0 Å². The third-order valence-electron chi connectivity index (χ3n) is 4.28. The summed E-state index contributed by atoms with van der Waals surface area (Å²) >= 11 is 0. The third-order valence-corrected chi connectivity index (χ3v) is 4.28. The normalized spacial score (nSPS) is 15.1. The van der Waals surface area contributed by atoms with Crippen LogP contribution < -0.4 is 10.2 Å². The number of hydrogen-bond acceptors (Lipinski definition) is 6. The van der Waals surface area contributed by atoms with E-state index >= 15 is 0 Å². The molecule has 0 saturated carbocycles. The van der Waals surface area contributed by atoms with Crippen molar-refractivity contribution in [2.45, 2.75) is 13.8 Å². The molecule has 0 radical (unpaired) electrons. The first-order valence-electron chi connectivity index (χ1n) is 8.28. The molecule has 124 valence electrons. The molecule has 0 atom stereocenters. The van der Waals surface area contributed by atoms with Crippen LogP contribution in [0.4, 0.5) is 17.5 Å². The fraction of sp³-hybridized carbons (Fsp3) is 0.389. The number of benzene rings is 1. The molecular weight excluding hydrogens is 300 g/mol. The van der Waals surface area contributed by atoms with Crippen LogP contribution in [0, 0.1) is 18.3 Å². The third kappa shape index (κ3) is 3.63. The van der Waals surface area contributed by atoms with Crippen LogP contribution in [0.25, 0.3) is 0 Å². The number of aromatic nitrogens is 2. The zero-order valence-corrected chi connectivity index (χ0v) is 14.2. The fourth-order valence-electron chi connectivity index (χ4n) is 2.87. The number of anilines is 3. The largest absolute Gasteiger partial charge is 0.354 e. The van der Waals surface area contributed by atoms with Crippen molar-refractivity contribution >= 4 is 17.5 Å². The second-order valence-electron chi connectivity index (χ2n) is 5.89. The summed E-state index contributed by atoms with van der Waals surface area (Å²) in [6, 6.07) is 11.6. The minimum atomic E-state index is 0.533. The Bertz CT molecular complexity index is 743. The number of nitriles is 1. The molecule has 0 spiro atoms. The Labute approximate surface area is 142 Å². The highest BCUT2D eigenvalue weighted by atomic mass is 15.3. The molecule has 1 fully saturated rings. The molecule has 1 aliphatic rings. The van der Waals surface area contributed by atoms with Gasteiger partial charge >= 0.3 is 0 Å². The van der Waals surface area contributed by atoms with Crippen LogP contribution in [0.2, 0.25) is 0 Å². The van der Waals surface area contributed by atoms with Gasteiger partial charge in [-0.15, -0.1) is 0 Å². The standard InChI is InChI=1S/C18H22N6/c1-3-23-8-10-24(11-9-23)17-12-14(2)20-18(22-17)21-16-7-5-4-6-15(16)13-19/h4-7,12H,3,8-11H2,1-2H3,(H,20,21,22). The summed E-state index contributed by atoms with van der Waals surface area (Å²) in [7, 11) is 0. The Morgan fingerprint density at radius 3 is 2.62 bits per heavy atom. The molecule has 1 aromatic carbocycles. The van der Waals surface area contributed by atoms with Gasteiger partial charge in [0.15, 0.2) is 0 Å². The van der Waals surface area contributed by atoms with Gasteiger partial charge in [-0.05, 0) is 25.6 Å². The molecule has 1 N–H and O–H groups in total. The highest BCUT2D eigenvalue weighted by Gasteiger charge is 2.18. The molecule has 0 amide bonds. The van der Waals surface area contributed by atoms with E-state index in [1.165, 1.54) is 0 Å². The number of hydrogen-bond donors (Lipinski definition) is 1. The predicted octanol–water partition coefficient (Wildman–Crippen LogP) is 2.54. The van der Waals surface area contributed by atoms with Crippen LogP contribution in [0.1, 0.15) is 18.2 Å². The molecule has 6 heteroatoms. The quantitative estimate of drug-likeness (QED) is 0.933. The first-order valence-corrected chi connectivity index (χ1v) is 8.28. The lowest BCUT2D eigenvalue weighted by Gasteiger charge is -2.34. The van der Waals surface area contributed by atoms with E-state index in [0.717, 1.165) is 49.9 Å². The van der Waals surface area contributed by atoms with Gasteiger partial charge in [0.2, 0.25) is 5.95 Å². The van der Waals surface area contributed by atoms with Gasteiger partial charge in [-0.25, -0.2) is 4.98 Å². The van der Waals surface area contributed by atoms with Crippen LogP contribution in [-0.4, -0.2) is 47.6 Å². The van der Waals surface area contributed by atoms with Crippen LogP contribution >= 0.6 is 0 Å². The topological polar surface area (TPSA) is 68.1 Å². The molecular formula is C18H22N6. The summed E-state index contributed by atoms with van der Waals surface area (Å²) in [6.07, 6.45) is 0. The van der Waals surface area contributed by atoms with Gasteiger partial charge in [0.05, 0.1) is 11.3 Å². The molecule has 1 aliphatic heterocycles. The Hall–Kier alpha value is -2.65. The van der Waals surface area contributed by atoms with E-state index in [1.807, 2.05) is 31.2 Å². The van der Waals surface area contributed by atoms with Gasteiger partial charge in [0, 0.05) is 37.9 Å². The van der Waals surface area contributed by atoms with E-state index in [4.69, 9.17) is 0 Å². The molecule has 0 bridgehead atoms. The lowest BCUT2D eigenvalue weighted by Crippen LogP contribution is -2.46. The van der Waals surface area contributed by atoms with Crippen molar-refractivity contribution < 1.29 is 0 Å². The molecule has 3 rings (SSSR count). The molecule has 0 unspecified atom stereocenters. The van der Waals surface area contributed by atoms with Gasteiger partial charge in [-0.1, -0.05) is 19.1 Å². The minimum Gasteiger partial charge on any atom is -0.354 e. The van der Waals surface area contributed by atoms with E-state index in [0.29, 0.717) is 11.5 Å². The van der Waals surface area contributed by atoms with Crippen molar-refractivity contribution in [3.8, 4) is 6.07 Å². The maximum absolute atomic E-state index is 9.21. The molecule has 1 aromatic heterocycles. The number of piperazine rings is 1. The minimum absolute atomic E-state index is 0.533. The molecule has 6 nitrogen and oxygen atoms in total. The molecule has 1 saturated heterocycles. The Morgan fingerprint density at radius 1 is 1.17 bits per heavy atom. The van der Waals surface area contributed by atoms with Gasteiger partial charge in [-0.2, -0.15) is 10.2 Å². The number of likely N-dealkylation sites (N-methyl/N-ethyl adjacent to an activating group) is 1. The predicted molar refractivity (Wildman–Crippen MR) is 95.5 cm³/mol. The average molecular weight is 322 g/mol. The van der Waals surface area contributed by atoms with Crippen molar-refractivity contribution in [3.63, 3.8) is 0 Å². The summed E-state index contributed by atoms with van der Waals surface area (Å²) in [5.74, 6) is 1.47. The highest BCUT2D eigenvalue weighted by Crippen LogP contribution is 2.21. The van der Waals surface area contributed by atoms with E-state index in [2.05, 4.69) is 38.1 Å². The van der Waals surface area contributed by atoms with E-state index in [9.17, 15) is 5.26 Å². The van der Waals surface area contributed by atoms with Crippen LogP contribution in [0.3, 0.4) is 0 Å². The van der Waals surface area contributed by atoms with Crippen molar-refractivity contribution in [3.05, 3.63) is 41.6 Å². The maximum Gasteiger partial charge on any atom is 0.229 e. The summed E-state index contributed by atoms with van der Waals surface area (Å²) in [4.78, 5) is 13.8. The second kappa shape index (κ2) is 7.28. The number of rotatable bonds is 4. The van der Waals surface area contributed by atoms with Crippen LogP contribution in [-0.2, 0) is 0 Å². The maximum atomic E-state index is 9.21. The highest BCUT2D eigenvalue weighted by molar-refractivity contribution is 5.63. The summed E-state index contributed by atoms with van der Waals surface area (Å²) in [6.45, 7) is 9.30. The molecule has 0 aliphatic carbocycles. The Balaban J connectivity index is 1.81. The van der Waals surface area contributed by atoms with Gasteiger partial charge in [0.1, 0.15) is 11.9 Å². The zero-order valence-electron chi connectivity index (χ0n) is 14.2. The average Bonchev–Trinajstić information content (AvgIpc) is 2.62. The van der Waals surface area contributed by atoms with Crippen molar-refractivity contribution in [1.82, 2.24) is 14.9 Å². The SMILES string of the molecule is CCN1CCN(c2cc(C)nc(Nc3ccccc3C#N)n2)CC1. The van der Waals surface area contributed by atoms with Gasteiger partial charge in [-0.3, -0.25) is 0 Å². The molecule has 2 heterocycles. The smallest absolute Gasteiger partial charge is 0.229 e. The van der Waals surface area contributed by atoms with Crippen LogP contribution in [0.5, 0.6) is 0 Å². The number of aryl methyl sites for hydroxylation is 1. The first kappa shape index (κ1) is 16.2. The zero-order chi connectivity index (χ0) is 16.9. The number of para-hydroxylation sites is 1.